The van der Waals surface area contributed by atoms with Crippen molar-refractivity contribution < 1.29 is 4.79 Å². The van der Waals surface area contributed by atoms with Crippen LogP contribution in [0.4, 0.5) is 0 Å². The van der Waals surface area contributed by atoms with Crippen LogP contribution in [0, 0.1) is 0 Å². The molecule has 0 unspecified atom stereocenters. The number of ketones is 1. The summed E-state index contributed by atoms with van der Waals surface area (Å²) in [6.45, 7) is 4.45. The van der Waals surface area contributed by atoms with Gasteiger partial charge in [0.15, 0.2) is 0 Å². The highest BCUT2D eigenvalue weighted by Gasteiger charge is 2.00. The molecule has 22 heavy (non-hydrogen) atoms. The Morgan fingerprint density at radius 3 is 1.59 bits per heavy atom. The molecule has 1 nitrogen and oxygen atoms in total. The highest BCUT2D eigenvalue weighted by atomic mass is 16.1. The molecule has 0 atom stereocenters. The van der Waals surface area contributed by atoms with Gasteiger partial charge in [0, 0.05) is 12.8 Å². The van der Waals surface area contributed by atoms with Crippen LogP contribution in [0.2, 0.25) is 0 Å². The third kappa shape index (κ3) is 17.5. The van der Waals surface area contributed by atoms with E-state index in [1.54, 1.807) is 0 Å². The number of rotatable bonds is 17. The maximum absolute atomic E-state index is 11.6. The van der Waals surface area contributed by atoms with Crippen LogP contribution in [0.25, 0.3) is 0 Å². The zero-order valence-corrected chi connectivity index (χ0v) is 15.4. The minimum Gasteiger partial charge on any atom is -0.300 e. The lowest BCUT2D eigenvalue weighted by Crippen LogP contribution is -1.97. The summed E-state index contributed by atoms with van der Waals surface area (Å²) in [6, 6.07) is 0. The van der Waals surface area contributed by atoms with E-state index in [2.05, 4.69) is 26.0 Å². The molecule has 0 saturated carbocycles. The fourth-order valence-corrected chi connectivity index (χ4v) is 2.74. The number of hydrogen-bond acceptors (Lipinski definition) is 1. The first kappa shape index (κ1) is 21.4. The van der Waals surface area contributed by atoms with E-state index < -0.39 is 0 Å². The summed E-state index contributed by atoms with van der Waals surface area (Å²) in [5.41, 5.74) is 0. The Morgan fingerprint density at radius 1 is 0.591 bits per heavy atom. The highest BCUT2D eigenvalue weighted by Crippen LogP contribution is 2.10. The predicted molar refractivity (Wildman–Crippen MR) is 99.4 cm³/mol. The summed E-state index contributed by atoms with van der Waals surface area (Å²) in [7, 11) is 0. The monoisotopic (exact) mass is 308 g/mol. The molecule has 0 bridgehead atoms. The van der Waals surface area contributed by atoms with Crippen molar-refractivity contribution in [2.24, 2.45) is 0 Å². The average molecular weight is 309 g/mol. The van der Waals surface area contributed by atoms with Crippen molar-refractivity contribution >= 4 is 5.78 Å². The summed E-state index contributed by atoms with van der Waals surface area (Å²) in [5.74, 6) is 0.486. The topological polar surface area (TPSA) is 17.1 Å². The van der Waals surface area contributed by atoms with E-state index in [1.807, 2.05) is 0 Å². The molecule has 0 saturated heterocycles. The van der Waals surface area contributed by atoms with Crippen molar-refractivity contribution in [2.75, 3.05) is 0 Å². The van der Waals surface area contributed by atoms with Crippen molar-refractivity contribution in [1.29, 1.82) is 0 Å². The normalized spacial score (nSPS) is 11.4. The van der Waals surface area contributed by atoms with Gasteiger partial charge in [0.05, 0.1) is 0 Å². The van der Waals surface area contributed by atoms with E-state index in [0.29, 0.717) is 5.78 Å². The Bertz CT molecular complexity index is 255. The van der Waals surface area contributed by atoms with Gasteiger partial charge in [-0.2, -0.15) is 0 Å². The first-order valence-electron chi connectivity index (χ1n) is 9.98. The molecule has 0 aliphatic rings. The molecule has 0 fully saturated rings. The fraction of sp³-hybridized carbons (Fsp3) is 0.857. The second kappa shape index (κ2) is 18.5. The SMILES string of the molecule is CCCCCC/C=C\CCCCCCCC(=O)CCCCC. The molecule has 0 radical (unpaired) electrons. The molecule has 0 rings (SSSR count). The predicted octanol–water partition coefficient (Wildman–Crippen LogP) is 7.39. The van der Waals surface area contributed by atoms with E-state index in [-0.39, 0.29) is 0 Å². The molecular formula is C21H40O. The zero-order valence-electron chi connectivity index (χ0n) is 15.4. The van der Waals surface area contributed by atoms with Crippen LogP contribution in [0.15, 0.2) is 12.2 Å². The van der Waals surface area contributed by atoms with E-state index in [0.717, 1.165) is 25.7 Å². The van der Waals surface area contributed by atoms with Crippen LogP contribution in [0.3, 0.4) is 0 Å². The lowest BCUT2D eigenvalue weighted by atomic mass is 10.0. The highest BCUT2D eigenvalue weighted by molar-refractivity contribution is 5.78. The number of allylic oxidation sites excluding steroid dienone is 2. The summed E-state index contributed by atoms with van der Waals surface area (Å²) in [5, 5.41) is 0. The fourth-order valence-electron chi connectivity index (χ4n) is 2.74. The number of Topliss-reactive ketones (excluding diaryl/α,β-unsaturated/α-hetero) is 1. The maximum atomic E-state index is 11.6. The van der Waals surface area contributed by atoms with Crippen LogP contribution < -0.4 is 0 Å². The Balaban J connectivity index is 3.16. The van der Waals surface area contributed by atoms with E-state index in [9.17, 15) is 4.79 Å². The first-order valence-corrected chi connectivity index (χ1v) is 9.98. The van der Waals surface area contributed by atoms with Crippen molar-refractivity contribution in [1.82, 2.24) is 0 Å². The molecule has 1 heteroatoms. The van der Waals surface area contributed by atoms with Crippen LogP contribution >= 0.6 is 0 Å². The van der Waals surface area contributed by atoms with Crippen LogP contribution in [0.1, 0.15) is 117 Å². The van der Waals surface area contributed by atoms with Crippen molar-refractivity contribution in [3.8, 4) is 0 Å². The Morgan fingerprint density at radius 2 is 1.00 bits per heavy atom. The van der Waals surface area contributed by atoms with Gasteiger partial charge in [-0.15, -0.1) is 0 Å². The largest absolute Gasteiger partial charge is 0.300 e. The van der Waals surface area contributed by atoms with Gasteiger partial charge in [-0.05, 0) is 38.5 Å². The van der Waals surface area contributed by atoms with Crippen molar-refractivity contribution in [3.05, 3.63) is 12.2 Å². The standard InChI is InChI=1S/C21H40O/c1-3-5-7-8-9-10-11-12-13-14-15-16-18-20-21(22)19-17-6-4-2/h10-11H,3-9,12-20H2,1-2H3/b11-10-. The maximum Gasteiger partial charge on any atom is 0.132 e. The smallest absolute Gasteiger partial charge is 0.132 e. The number of hydrogen-bond donors (Lipinski definition) is 0. The van der Waals surface area contributed by atoms with Gasteiger partial charge in [-0.3, -0.25) is 4.79 Å². The Labute approximate surface area is 140 Å². The molecule has 0 heterocycles. The third-order valence-electron chi connectivity index (χ3n) is 4.28. The van der Waals surface area contributed by atoms with Gasteiger partial charge in [0.1, 0.15) is 5.78 Å². The Kier molecular flexibility index (Phi) is 18.0. The molecule has 130 valence electrons. The third-order valence-corrected chi connectivity index (χ3v) is 4.28. The number of unbranched alkanes of at least 4 members (excludes halogenated alkanes) is 11. The van der Waals surface area contributed by atoms with Gasteiger partial charge >= 0.3 is 0 Å². The van der Waals surface area contributed by atoms with E-state index in [4.69, 9.17) is 0 Å². The molecule has 0 aliphatic heterocycles. The molecular weight excluding hydrogens is 268 g/mol. The minimum absolute atomic E-state index is 0.486. The molecule has 0 amide bonds. The number of carbonyl (C=O) groups excluding carboxylic acids is 1. The molecule has 0 aromatic rings. The zero-order chi connectivity index (χ0) is 16.3. The van der Waals surface area contributed by atoms with E-state index in [1.165, 1.54) is 77.0 Å². The van der Waals surface area contributed by atoms with Gasteiger partial charge in [-0.25, -0.2) is 0 Å². The van der Waals surface area contributed by atoms with E-state index >= 15 is 0 Å². The van der Waals surface area contributed by atoms with Crippen molar-refractivity contribution in [3.63, 3.8) is 0 Å². The first-order chi connectivity index (χ1) is 10.8. The lowest BCUT2D eigenvalue weighted by molar-refractivity contribution is -0.119. The molecule has 0 aliphatic carbocycles. The molecule has 0 aromatic heterocycles. The molecule has 0 N–H and O–H groups in total. The molecule has 0 spiro atoms. The summed E-state index contributed by atoms with van der Waals surface area (Å²) >= 11 is 0. The van der Waals surface area contributed by atoms with Crippen LogP contribution in [0.5, 0.6) is 0 Å². The number of carbonyl (C=O) groups is 1. The minimum atomic E-state index is 0.486. The van der Waals surface area contributed by atoms with Gasteiger partial charge < -0.3 is 0 Å². The Hall–Kier alpha value is -0.590. The summed E-state index contributed by atoms with van der Waals surface area (Å²) in [6.07, 6.45) is 24.1. The summed E-state index contributed by atoms with van der Waals surface area (Å²) in [4.78, 5) is 11.6. The second-order valence-electron chi connectivity index (χ2n) is 6.62. The summed E-state index contributed by atoms with van der Waals surface area (Å²) < 4.78 is 0. The van der Waals surface area contributed by atoms with Gasteiger partial charge in [0.2, 0.25) is 0 Å². The average Bonchev–Trinajstić information content (AvgIpc) is 2.52. The van der Waals surface area contributed by atoms with Crippen LogP contribution in [-0.2, 0) is 4.79 Å². The second-order valence-corrected chi connectivity index (χ2v) is 6.62. The van der Waals surface area contributed by atoms with Crippen molar-refractivity contribution in [2.45, 2.75) is 117 Å². The molecule has 0 aromatic carbocycles. The van der Waals surface area contributed by atoms with Gasteiger partial charge in [0.25, 0.3) is 0 Å². The van der Waals surface area contributed by atoms with Gasteiger partial charge in [-0.1, -0.05) is 77.4 Å². The van der Waals surface area contributed by atoms with Crippen LogP contribution in [-0.4, -0.2) is 5.78 Å². The lowest BCUT2D eigenvalue weighted by Gasteiger charge is -2.01. The quantitative estimate of drug-likeness (QED) is 0.202.